The van der Waals surface area contributed by atoms with E-state index >= 15 is 0 Å². The summed E-state index contributed by atoms with van der Waals surface area (Å²) in [6.07, 6.45) is 1.40. The lowest BCUT2D eigenvalue weighted by Gasteiger charge is -2.11. The number of anilines is 1. The van der Waals surface area contributed by atoms with Crippen LogP contribution in [0.2, 0.25) is 0 Å². The van der Waals surface area contributed by atoms with E-state index in [0.717, 1.165) is 12.1 Å². The van der Waals surface area contributed by atoms with Crippen molar-refractivity contribution in [3.05, 3.63) is 47.9 Å². The fourth-order valence-corrected chi connectivity index (χ4v) is 2.14. The summed E-state index contributed by atoms with van der Waals surface area (Å²) in [6, 6.07) is 4.96. The molecule has 0 unspecified atom stereocenters. The highest BCUT2D eigenvalue weighted by molar-refractivity contribution is 5.44. The molecule has 3 rings (SSSR count). The predicted octanol–water partition coefficient (Wildman–Crippen LogP) is 2.04. The molecule has 2 heterocycles. The molecule has 0 aliphatic heterocycles. The molecule has 0 aliphatic carbocycles. The number of hydrogen-bond donors (Lipinski definition) is 1. The van der Waals surface area contributed by atoms with Gasteiger partial charge in [0, 0.05) is 19.2 Å². The monoisotopic (exact) mass is 335 g/mol. The Kier molecular flexibility index (Phi) is 4.80. The van der Waals surface area contributed by atoms with Crippen molar-refractivity contribution in [3.8, 4) is 5.75 Å². The molecule has 24 heavy (non-hydrogen) atoms. The van der Waals surface area contributed by atoms with Crippen molar-refractivity contribution < 1.29 is 18.3 Å². The number of ether oxygens (including phenoxy) is 2. The summed E-state index contributed by atoms with van der Waals surface area (Å²) in [6.45, 7) is 0.901. The molecule has 1 N–H and O–H groups in total. The fraction of sp³-hybridized carbons (Fsp3) is 0.267. The number of aromatic nitrogens is 4. The summed E-state index contributed by atoms with van der Waals surface area (Å²) in [5, 5.41) is 7.19. The second kappa shape index (κ2) is 7.18. The topological polar surface area (TPSA) is 73.6 Å². The summed E-state index contributed by atoms with van der Waals surface area (Å²) < 4.78 is 38.2. The van der Waals surface area contributed by atoms with Gasteiger partial charge < -0.3 is 14.8 Å². The molecule has 1 aromatic carbocycles. The van der Waals surface area contributed by atoms with Crippen molar-refractivity contribution in [1.82, 2.24) is 19.6 Å². The fourth-order valence-electron chi connectivity index (χ4n) is 2.14. The molecule has 7 nitrogen and oxygen atoms in total. The third-order valence-corrected chi connectivity index (χ3v) is 3.16. The maximum absolute atomic E-state index is 13.5. The maximum Gasteiger partial charge on any atom is 0.254 e. The summed E-state index contributed by atoms with van der Waals surface area (Å²) in [5.41, 5.74) is 0.700. The number of rotatable bonds is 7. The standard InChI is InChI=1S/C15H15F2N5O2/c1-23-8-11-7-14(22-15(21-11)19-9-20-22)18-4-5-24-13-3-2-10(16)6-12(13)17/h2-3,6-7,9,18H,4-5,8H2,1H3. The molecule has 0 saturated heterocycles. The highest BCUT2D eigenvalue weighted by atomic mass is 19.1. The third kappa shape index (κ3) is 3.57. The molecular weight excluding hydrogens is 320 g/mol. The van der Waals surface area contributed by atoms with Crippen LogP contribution < -0.4 is 10.1 Å². The smallest absolute Gasteiger partial charge is 0.254 e. The van der Waals surface area contributed by atoms with E-state index in [9.17, 15) is 8.78 Å². The van der Waals surface area contributed by atoms with E-state index in [0.29, 0.717) is 30.4 Å². The summed E-state index contributed by atoms with van der Waals surface area (Å²) in [4.78, 5) is 8.34. The Morgan fingerprint density at radius 1 is 1.25 bits per heavy atom. The van der Waals surface area contributed by atoms with E-state index in [2.05, 4.69) is 20.4 Å². The molecule has 0 aliphatic rings. The molecule has 0 amide bonds. The number of nitrogens with one attached hydrogen (secondary N) is 1. The lowest BCUT2D eigenvalue weighted by atomic mass is 10.3. The molecule has 3 aromatic rings. The van der Waals surface area contributed by atoms with Gasteiger partial charge >= 0.3 is 0 Å². The second-order valence-electron chi connectivity index (χ2n) is 4.89. The van der Waals surface area contributed by atoms with Gasteiger partial charge in [0.25, 0.3) is 5.78 Å². The van der Waals surface area contributed by atoms with Crippen molar-refractivity contribution in [2.24, 2.45) is 0 Å². The highest BCUT2D eigenvalue weighted by Crippen LogP contribution is 2.17. The lowest BCUT2D eigenvalue weighted by Crippen LogP contribution is -2.15. The van der Waals surface area contributed by atoms with Gasteiger partial charge in [-0.15, -0.1) is 0 Å². The molecular formula is C15H15F2N5O2. The molecule has 0 radical (unpaired) electrons. The van der Waals surface area contributed by atoms with Gasteiger partial charge in [-0.25, -0.2) is 13.8 Å². The van der Waals surface area contributed by atoms with E-state index in [1.54, 1.807) is 13.2 Å². The number of methoxy groups -OCH3 is 1. The Morgan fingerprint density at radius 2 is 2.12 bits per heavy atom. The Morgan fingerprint density at radius 3 is 2.92 bits per heavy atom. The van der Waals surface area contributed by atoms with Crippen LogP contribution in [0.15, 0.2) is 30.6 Å². The SMILES string of the molecule is COCc1cc(NCCOc2ccc(F)cc2F)n2ncnc2n1. The van der Waals surface area contributed by atoms with Crippen LogP contribution in [-0.2, 0) is 11.3 Å². The average molecular weight is 335 g/mol. The van der Waals surface area contributed by atoms with Crippen LogP contribution >= 0.6 is 0 Å². The van der Waals surface area contributed by atoms with E-state index in [4.69, 9.17) is 9.47 Å². The van der Waals surface area contributed by atoms with Crippen LogP contribution in [0.25, 0.3) is 5.78 Å². The summed E-state index contributed by atoms with van der Waals surface area (Å²) >= 11 is 0. The molecule has 9 heteroatoms. The van der Waals surface area contributed by atoms with Gasteiger partial charge in [-0.2, -0.15) is 14.6 Å². The molecule has 126 valence electrons. The predicted molar refractivity (Wildman–Crippen MR) is 81.8 cm³/mol. The van der Waals surface area contributed by atoms with Crippen molar-refractivity contribution in [2.45, 2.75) is 6.61 Å². The first kappa shape index (κ1) is 16.1. The molecule has 2 aromatic heterocycles. The summed E-state index contributed by atoms with van der Waals surface area (Å²) in [7, 11) is 1.58. The zero-order chi connectivity index (χ0) is 16.9. The van der Waals surface area contributed by atoms with E-state index < -0.39 is 11.6 Å². The minimum absolute atomic E-state index is 0.00102. The highest BCUT2D eigenvalue weighted by Gasteiger charge is 2.08. The van der Waals surface area contributed by atoms with Gasteiger partial charge in [-0.05, 0) is 12.1 Å². The van der Waals surface area contributed by atoms with Crippen LogP contribution in [0, 0.1) is 11.6 Å². The first-order valence-electron chi connectivity index (χ1n) is 7.17. The molecule has 0 atom stereocenters. The quantitative estimate of drug-likeness (QED) is 0.666. The number of halogens is 2. The van der Waals surface area contributed by atoms with Crippen LogP contribution in [0.1, 0.15) is 5.69 Å². The third-order valence-electron chi connectivity index (χ3n) is 3.16. The largest absolute Gasteiger partial charge is 0.489 e. The van der Waals surface area contributed by atoms with Gasteiger partial charge in [0.15, 0.2) is 11.6 Å². The number of fused-ring (bicyclic) bond motifs is 1. The Bertz CT molecular complexity index is 840. The van der Waals surface area contributed by atoms with Crippen LogP contribution in [0.5, 0.6) is 5.75 Å². The van der Waals surface area contributed by atoms with Crippen LogP contribution in [0.3, 0.4) is 0 Å². The maximum atomic E-state index is 13.5. The number of nitrogens with zero attached hydrogens (tertiary/aromatic N) is 4. The summed E-state index contributed by atoms with van der Waals surface area (Å²) in [5.74, 6) is -0.279. The first-order valence-corrected chi connectivity index (χ1v) is 7.17. The van der Waals surface area contributed by atoms with Crippen molar-refractivity contribution in [3.63, 3.8) is 0 Å². The lowest BCUT2D eigenvalue weighted by molar-refractivity contribution is 0.181. The minimum atomic E-state index is -0.736. The molecule has 0 saturated carbocycles. The van der Waals surface area contributed by atoms with E-state index in [-0.39, 0.29) is 12.4 Å². The van der Waals surface area contributed by atoms with Gasteiger partial charge in [0.1, 0.15) is 24.6 Å². The second-order valence-corrected chi connectivity index (χ2v) is 4.89. The van der Waals surface area contributed by atoms with Crippen LogP contribution in [0.4, 0.5) is 14.6 Å². The zero-order valence-corrected chi connectivity index (χ0v) is 12.9. The molecule has 0 bridgehead atoms. The Balaban J connectivity index is 1.64. The van der Waals surface area contributed by atoms with Crippen LogP contribution in [-0.4, -0.2) is 39.8 Å². The Hall–Kier alpha value is -2.81. The zero-order valence-electron chi connectivity index (χ0n) is 12.9. The number of hydrogen-bond acceptors (Lipinski definition) is 6. The minimum Gasteiger partial charge on any atom is -0.489 e. The molecule has 0 fully saturated rings. The van der Waals surface area contributed by atoms with E-state index in [1.165, 1.54) is 16.9 Å². The van der Waals surface area contributed by atoms with Gasteiger partial charge in [0.2, 0.25) is 0 Å². The van der Waals surface area contributed by atoms with Gasteiger partial charge in [-0.1, -0.05) is 0 Å². The normalized spacial score (nSPS) is 11.0. The van der Waals surface area contributed by atoms with Crippen molar-refractivity contribution >= 4 is 11.6 Å². The average Bonchev–Trinajstić information content (AvgIpc) is 3.02. The van der Waals surface area contributed by atoms with E-state index in [1.807, 2.05) is 0 Å². The van der Waals surface area contributed by atoms with Gasteiger partial charge in [-0.3, -0.25) is 0 Å². The Labute approximate surface area is 136 Å². The number of benzene rings is 1. The first-order chi connectivity index (χ1) is 11.7. The van der Waals surface area contributed by atoms with Crippen molar-refractivity contribution in [1.29, 1.82) is 0 Å². The van der Waals surface area contributed by atoms with Gasteiger partial charge in [0.05, 0.1) is 18.8 Å². The molecule has 0 spiro atoms. The van der Waals surface area contributed by atoms with Crippen molar-refractivity contribution in [2.75, 3.05) is 25.6 Å².